The molecular formula is C40H86N2O5P+. The number of hydrogen-bond acceptors (Lipinski definition) is 5. The fourth-order valence-electron chi connectivity index (χ4n) is 6.10. The van der Waals surface area contributed by atoms with Crippen molar-refractivity contribution in [1.82, 2.24) is 5.32 Å². The Hall–Kier alpha value is -0.0100. The Kier molecular flexibility index (Phi) is 35.4. The highest BCUT2D eigenvalue weighted by molar-refractivity contribution is 7.47. The third kappa shape index (κ3) is 38.8. The lowest BCUT2D eigenvalue weighted by atomic mass is 10.0. The molecule has 0 saturated carbocycles. The van der Waals surface area contributed by atoms with Crippen molar-refractivity contribution < 1.29 is 27.7 Å². The van der Waals surface area contributed by atoms with Crippen LogP contribution in [0.4, 0.5) is 0 Å². The van der Waals surface area contributed by atoms with Gasteiger partial charge in [-0.2, -0.15) is 0 Å². The highest BCUT2D eigenvalue weighted by atomic mass is 31.2. The van der Waals surface area contributed by atoms with Crippen molar-refractivity contribution >= 4 is 7.82 Å². The van der Waals surface area contributed by atoms with Crippen LogP contribution in [0.5, 0.6) is 0 Å². The van der Waals surface area contributed by atoms with Gasteiger partial charge in [-0.05, 0) is 19.4 Å². The normalized spacial score (nSPS) is 14.0. The fraction of sp³-hybridized carbons (Fsp3) is 1.00. The van der Waals surface area contributed by atoms with Gasteiger partial charge < -0.3 is 19.4 Å². The zero-order valence-electron chi connectivity index (χ0n) is 33.1. The molecule has 0 aliphatic rings. The quantitative estimate of drug-likeness (QED) is 0.0375. The second kappa shape index (κ2) is 35.4. The van der Waals surface area contributed by atoms with Gasteiger partial charge in [-0.15, -0.1) is 0 Å². The first-order valence-electron chi connectivity index (χ1n) is 20.9. The molecule has 2 unspecified atom stereocenters. The zero-order chi connectivity index (χ0) is 35.4. The summed E-state index contributed by atoms with van der Waals surface area (Å²) in [5, 5.41) is 3.44. The summed E-state index contributed by atoms with van der Waals surface area (Å²) in [5.41, 5.74) is 0. The first-order valence-corrected chi connectivity index (χ1v) is 22.4. The van der Waals surface area contributed by atoms with Gasteiger partial charge in [-0.1, -0.05) is 181 Å². The molecule has 2 N–H and O–H groups in total. The number of nitrogens with one attached hydrogen (secondary N) is 1. The number of quaternary nitrogens is 1. The van der Waals surface area contributed by atoms with Gasteiger partial charge >= 0.3 is 7.82 Å². The predicted molar refractivity (Wildman–Crippen MR) is 208 cm³/mol. The zero-order valence-corrected chi connectivity index (χ0v) is 34.0. The fourth-order valence-corrected chi connectivity index (χ4v) is 6.98. The molecule has 0 saturated heterocycles. The van der Waals surface area contributed by atoms with Crippen LogP contribution in [0, 0.1) is 0 Å². The summed E-state index contributed by atoms with van der Waals surface area (Å²) >= 11 is 0. The van der Waals surface area contributed by atoms with E-state index in [0.717, 1.165) is 19.4 Å². The van der Waals surface area contributed by atoms with Crippen LogP contribution in [0.3, 0.4) is 0 Å². The second-order valence-electron chi connectivity index (χ2n) is 15.5. The van der Waals surface area contributed by atoms with E-state index in [4.69, 9.17) is 13.8 Å². The average molecular weight is 706 g/mol. The average Bonchev–Trinajstić information content (AvgIpc) is 3.03. The summed E-state index contributed by atoms with van der Waals surface area (Å²) in [4.78, 5) is 10.4. The predicted octanol–water partition coefficient (Wildman–Crippen LogP) is 11.8. The Morgan fingerprint density at radius 2 is 0.938 bits per heavy atom. The molecule has 8 heteroatoms. The van der Waals surface area contributed by atoms with Gasteiger partial charge in [0.1, 0.15) is 19.3 Å². The lowest BCUT2D eigenvalue weighted by Crippen LogP contribution is -2.37. The van der Waals surface area contributed by atoms with Crippen LogP contribution in [0.1, 0.15) is 194 Å². The van der Waals surface area contributed by atoms with E-state index in [2.05, 4.69) is 19.2 Å². The Bertz CT molecular complexity index is 655. The van der Waals surface area contributed by atoms with Gasteiger partial charge in [-0.25, -0.2) is 4.57 Å². The van der Waals surface area contributed by atoms with Crippen molar-refractivity contribution in [3.8, 4) is 0 Å². The van der Waals surface area contributed by atoms with Crippen molar-refractivity contribution in [2.45, 2.75) is 200 Å². The summed E-state index contributed by atoms with van der Waals surface area (Å²) < 4.78 is 30.2. The molecule has 0 heterocycles. The monoisotopic (exact) mass is 706 g/mol. The summed E-state index contributed by atoms with van der Waals surface area (Å²) in [6.07, 6.45) is 37.0. The Morgan fingerprint density at radius 1 is 0.562 bits per heavy atom. The minimum Gasteiger partial charge on any atom is -0.379 e. The molecular weight excluding hydrogens is 619 g/mol. The van der Waals surface area contributed by atoms with Crippen LogP contribution in [0.2, 0.25) is 0 Å². The molecule has 0 radical (unpaired) electrons. The molecule has 0 spiro atoms. The van der Waals surface area contributed by atoms with Gasteiger partial charge in [0.15, 0.2) is 0 Å². The van der Waals surface area contributed by atoms with E-state index >= 15 is 0 Å². The number of rotatable bonds is 40. The van der Waals surface area contributed by atoms with Crippen LogP contribution in [-0.4, -0.2) is 76.1 Å². The molecule has 0 aromatic carbocycles. The number of likely N-dealkylation sites (N-methyl/N-ethyl adjacent to an activating group) is 1. The largest absolute Gasteiger partial charge is 0.472 e. The standard InChI is InChI=1S/C40H85N2O5P/c1-6-8-10-12-14-16-18-20-22-24-26-28-30-32-34-41-38-40(47-48(43,44)46-37-35-42(3,4)5)39-45-36-33-31-29-27-25-23-21-19-17-15-13-11-9-7-2/h40-41H,6-39H2,1-5H3/p+1. The minimum atomic E-state index is -4.15. The molecule has 0 aliphatic carbocycles. The topological polar surface area (TPSA) is 77.0 Å². The smallest absolute Gasteiger partial charge is 0.379 e. The molecule has 0 aliphatic heterocycles. The second-order valence-corrected chi connectivity index (χ2v) is 16.9. The maximum Gasteiger partial charge on any atom is 0.472 e. The van der Waals surface area contributed by atoms with Crippen LogP contribution >= 0.6 is 7.82 Å². The molecule has 290 valence electrons. The van der Waals surface area contributed by atoms with Crippen LogP contribution in [0.15, 0.2) is 0 Å². The molecule has 0 aromatic rings. The first kappa shape index (κ1) is 48.0. The van der Waals surface area contributed by atoms with Crippen molar-refractivity contribution in [3.63, 3.8) is 0 Å². The van der Waals surface area contributed by atoms with Crippen LogP contribution in [-0.2, 0) is 18.3 Å². The number of nitrogens with zero attached hydrogens (tertiary/aromatic N) is 1. The van der Waals surface area contributed by atoms with E-state index in [1.54, 1.807) is 0 Å². The molecule has 0 amide bonds. The van der Waals surface area contributed by atoms with Crippen molar-refractivity contribution in [3.05, 3.63) is 0 Å². The summed E-state index contributed by atoms with van der Waals surface area (Å²) in [7, 11) is 1.94. The molecule has 2 atom stereocenters. The summed E-state index contributed by atoms with van der Waals surface area (Å²) in [6.45, 7) is 7.70. The number of phosphoric acid groups is 1. The molecule has 0 rings (SSSR count). The molecule has 0 aromatic heterocycles. The minimum absolute atomic E-state index is 0.177. The third-order valence-corrected chi connectivity index (χ3v) is 10.4. The van der Waals surface area contributed by atoms with E-state index in [1.807, 2.05) is 21.1 Å². The molecule has 48 heavy (non-hydrogen) atoms. The van der Waals surface area contributed by atoms with E-state index in [0.29, 0.717) is 30.8 Å². The highest BCUT2D eigenvalue weighted by Gasteiger charge is 2.27. The van der Waals surface area contributed by atoms with Crippen molar-refractivity contribution in [1.29, 1.82) is 0 Å². The number of unbranched alkanes of at least 4 members (excludes halogenated alkanes) is 26. The van der Waals surface area contributed by atoms with Gasteiger partial charge in [0.2, 0.25) is 0 Å². The number of phosphoric ester groups is 1. The lowest BCUT2D eigenvalue weighted by Gasteiger charge is -2.25. The lowest BCUT2D eigenvalue weighted by molar-refractivity contribution is -0.870. The Balaban J connectivity index is 4.05. The van der Waals surface area contributed by atoms with Crippen LogP contribution < -0.4 is 5.32 Å². The van der Waals surface area contributed by atoms with E-state index < -0.39 is 13.9 Å². The van der Waals surface area contributed by atoms with E-state index in [1.165, 1.54) is 167 Å². The van der Waals surface area contributed by atoms with Crippen molar-refractivity contribution in [2.24, 2.45) is 0 Å². The van der Waals surface area contributed by atoms with Gasteiger partial charge in [0, 0.05) is 13.2 Å². The summed E-state index contributed by atoms with van der Waals surface area (Å²) in [6, 6.07) is 0. The van der Waals surface area contributed by atoms with E-state index in [-0.39, 0.29) is 6.61 Å². The molecule has 0 bridgehead atoms. The highest BCUT2D eigenvalue weighted by Crippen LogP contribution is 2.44. The summed E-state index contributed by atoms with van der Waals surface area (Å²) in [5.74, 6) is 0. The van der Waals surface area contributed by atoms with Crippen LogP contribution in [0.25, 0.3) is 0 Å². The van der Waals surface area contributed by atoms with Gasteiger partial charge in [0.05, 0.1) is 27.7 Å². The third-order valence-electron chi connectivity index (χ3n) is 9.32. The number of hydrogen-bond donors (Lipinski definition) is 2. The van der Waals surface area contributed by atoms with Crippen molar-refractivity contribution in [2.75, 3.05) is 60.6 Å². The Morgan fingerprint density at radius 3 is 1.33 bits per heavy atom. The first-order chi connectivity index (χ1) is 23.2. The van der Waals surface area contributed by atoms with E-state index in [9.17, 15) is 9.46 Å². The maximum atomic E-state index is 12.7. The Labute approximate surface area is 300 Å². The SMILES string of the molecule is CCCCCCCCCCCCCCCCNCC(COCCCCCCCCCCCCCCCC)OP(=O)(O)OCC[N+](C)(C)C. The van der Waals surface area contributed by atoms with Gasteiger partial charge in [0.25, 0.3) is 0 Å². The molecule has 7 nitrogen and oxygen atoms in total. The maximum absolute atomic E-state index is 12.7. The number of ether oxygens (including phenoxy) is 1. The van der Waals surface area contributed by atoms with Gasteiger partial charge in [-0.3, -0.25) is 9.05 Å². The molecule has 0 fully saturated rings.